The molecule has 3 nitrogen and oxygen atoms in total. The Morgan fingerprint density at radius 3 is 1.90 bits per heavy atom. The van der Waals surface area contributed by atoms with E-state index in [2.05, 4.69) is 0 Å². The summed E-state index contributed by atoms with van der Waals surface area (Å²) in [6.07, 6.45) is 2.11. The third-order valence-corrected chi connectivity index (χ3v) is 1.90. The Labute approximate surface area is 79.0 Å². The van der Waals surface area contributed by atoms with Gasteiger partial charge in [0.1, 0.15) is 0 Å². The third kappa shape index (κ3) is 11.9. The molecular weight excluding hydrogens is 258 g/mol. The van der Waals surface area contributed by atoms with E-state index >= 15 is 0 Å². The van der Waals surface area contributed by atoms with Gasteiger partial charge in [-0.05, 0) is 6.42 Å². The summed E-state index contributed by atoms with van der Waals surface area (Å²) in [5.41, 5.74) is 0. The van der Waals surface area contributed by atoms with Gasteiger partial charge in [-0.15, -0.1) is 0 Å². The predicted molar refractivity (Wildman–Crippen MR) is 37.1 cm³/mol. The van der Waals surface area contributed by atoms with E-state index in [1.54, 1.807) is 0 Å². The maximum atomic E-state index is 9.98. The zero-order valence-corrected chi connectivity index (χ0v) is 9.75. The van der Waals surface area contributed by atoms with Crippen LogP contribution < -0.4 is 14.7 Å². The molecule has 2 radical (unpaired) electrons. The van der Waals surface area contributed by atoms with Crippen molar-refractivity contribution in [2.75, 3.05) is 6.16 Å². The number of rotatable bonds is 4. The zero-order chi connectivity index (χ0) is 7.33. The second-order valence-corrected chi connectivity index (χ2v) is 3.71. The van der Waals surface area contributed by atoms with Crippen LogP contribution in [-0.2, 0) is 0 Å². The summed E-state index contributed by atoms with van der Waals surface area (Å²) < 4.78 is 0. The standard InChI is InChI=1S/C5H13O3P.Sn/c1-2-3-4-5-9(6,7)8;/h2-5H2,1H3,(H2,6,7,8);/q;+2/p-2. The molecule has 0 fully saturated rings. The topological polar surface area (TPSA) is 69.2 Å². The number of hydrogen-bond donors (Lipinski definition) is 0. The molecule has 0 N–H and O–H groups in total. The Kier molecular flexibility index (Phi) is 9.30. The van der Waals surface area contributed by atoms with Gasteiger partial charge >= 0.3 is 23.9 Å². The van der Waals surface area contributed by atoms with Gasteiger partial charge in [0.05, 0.1) is 0 Å². The summed E-state index contributed by atoms with van der Waals surface area (Å²) in [4.78, 5) is 29.9. The average Bonchev–Trinajstić information content (AvgIpc) is 1.63. The van der Waals surface area contributed by atoms with Crippen molar-refractivity contribution in [2.24, 2.45) is 0 Å². The predicted octanol–water partition coefficient (Wildman–Crippen LogP) is -1.36. The van der Waals surface area contributed by atoms with Crippen molar-refractivity contribution in [1.82, 2.24) is 0 Å². The summed E-state index contributed by atoms with van der Waals surface area (Å²) >= 11 is 0. The fourth-order valence-corrected chi connectivity index (χ4v) is 1.17. The second kappa shape index (κ2) is 6.80. The molecular formula is C5H11O3PSn. The van der Waals surface area contributed by atoms with Crippen molar-refractivity contribution in [3.63, 3.8) is 0 Å². The fourth-order valence-electron chi connectivity index (χ4n) is 0.555. The molecule has 0 bridgehead atoms. The van der Waals surface area contributed by atoms with Gasteiger partial charge in [0.25, 0.3) is 0 Å². The van der Waals surface area contributed by atoms with Crippen molar-refractivity contribution in [2.45, 2.75) is 26.2 Å². The smallest absolute Gasteiger partial charge is 0.688 e. The third-order valence-electron chi connectivity index (χ3n) is 1.04. The molecule has 10 heavy (non-hydrogen) atoms. The van der Waals surface area contributed by atoms with Gasteiger partial charge in [-0.1, -0.05) is 19.8 Å². The Morgan fingerprint density at radius 1 is 1.10 bits per heavy atom. The molecule has 0 aliphatic heterocycles. The molecule has 0 amide bonds. The van der Waals surface area contributed by atoms with Crippen LogP contribution in [0.2, 0.25) is 0 Å². The van der Waals surface area contributed by atoms with E-state index in [1.807, 2.05) is 6.92 Å². The maximum absolute atomic E-state index is 9.98. The average molecular weight is 269 g/mol. The molecule has 0 aliphatic carbocycles. The van der Waals surface area contributed by atoms with Crippen LogP contribution in [0.3, 0.4) is 0 Å². The Bertz CT molecular complexity index is 73.8. The van der Waals surface area contributed by atoms with E-state index in [4.69, 9.17) is 0 Å². The van der Waals surface area contributed by atoms with Crippen LogP contribution in [0.4, 0.5) is 0 Å². The summed E-state index contributed by atoms with van der Waals surface area (Å²) in [7, 11) is -4.20. The minimum Gasteiger partial charge on any atom is -0.688 e. The van der Waals surface area contributed by atoms with Gasteiger partial charge in [-0.25, -0.2) is 0 Å². The Hall–Kier alpha value is 1.11. The van der Waals surface area contributed by atoms with Crippen LogP contribution in [0.15, 0.2) is 0 Å². The minimum atomic E-state index is -4.20. The molecule has 0 aromatic carbocycles. The quantitative estimate of drug-likeness (QED) is 0.359. The van der Waals surface area contributed by atoms with Crippen LogP contribution >= 0.6 is 7.94 Å². The van der Waals surface area contributed by atoms with Gasteiger partial charge in [-0.2, -0.15) is 7.94 Å². The monoisotopic (exact) mass is 270 g/mol. The summed E-state index contributed by atoms with van der Waals surface area (Å²) in [6.45, 7) is 1.96. The van der Waals surface area contributed by atoms with Crippen LogP contribution in [0.5, 0.6) is 0 Å². The van der Waals surface area contributed by atoms with E-state index in [0.717, 1.165) is 12.8 Å². The molecule has 0 atom stereocenters. The maximum Gasteiger partial charge on any atom is 2.00 e. The molecule has 0 saturated heterocycles. The van der Waals surface area contributed by atoms with Gasteiger partial charge in [-0.3, -0.25) is 0 Å². The van der Waals surface area contributed by atoms with Crippen LogP contribution in [0.1, 0.15) is 26.2 Å². The molecule has 5 heteroatoms. The molecule has 58 valence electrons. The van der Waals surface area contributed by atoms with E-state index in [-0.39, 0.29) is 30.1 Å². The van der Waals surface area contributed by atoms with E-state index in [1.165, 1.54) is 0 Å². The van der Waals surface area contributed by atoms with E-state index in [9.17, 15) is 14.7 Å². The number of unbranched alkanes of at least 4 members (excludes halogenated alkanes) is 2. The van der Waals surface area contributed by atoms with E-state index in [0.29, 0.717) is 6.42 Å². The summed E-state index contributed by atoms with van der Waals surface area (Å²) in [6, 6.07) is 0. The normalized spacial score (nSPS) is 10.8. The molecule has 0 aromatic rings. The molecule has 0 aromatic heterocycles. The van der Waals surface area contributed by atoms with Gasteiger partial charge in [0, 0.05) is 6.16 Å². The summed E-state index contributed by atoms with van der Waals surface area (Å²) in [5, 5.41) is 0. The fraction of sp³-hybridized carbons (Fsp3) is 1.00. The largest absolute Gasteiger partial charge is 2.00 e. The molecule has 0 heterocycles. The Morgan fingerprint density at radius 2 is 1.60 bits per heavy atom. The van der Waals surface area contributed by atoms with Gasteiger partial charge in [0.15, 0.2) is 0 Å². The molecule has 0 saturated carbocycles. The van der Waals surface area contributed by atoms with Crippen LogP contribution in [0.25, 0.3) is 0 Å². The van der Waals surface area contributed by atoms with Crippen molar-refractivity contribution in [3.8, 4) is 0 Å². The summed E-state index contributed by atoms with van der Waals surface area (Å²) in [5.74, 6) is 0. The van der Waals surface area contributed by atoms with Crippen molar-refractivity contribution in [1.29, 1.82) is 0 Å². The Balaban J connectivity index is 0. The first-order valence-electron chi connectivity index (χ1n) is 3.07. The second-order valence-electron chi connectivity index (χ2n) is 2.04. The van der Waals surface area contributed by atoms with Crippen molar-refractivity contribution >= 4 is 31.9 Å². The van der Waals surface area contributed by atoms with Crippen molar-refractivity contribution < 1.29 is 14.7 Å². The zero-order valence-electron chi connectivity index (χ0n) is 6.00. The molecule has 0 unspecified atom stereocenters. The minimum absolute atomic E-state index is 0. The van der Waals surface area contributed by atoms with Gasteiger partial charge in [0.2, 0.25) is 0 Å². The molecule has 0 aliphatic rings. The first kappa shape index (κ1) is 13.7. The first-order valence-corrected chi connectivity index (χ1v) is 4.80. The molecule has 0 spiro atoms. The van der Waals surface area contributed by atoms with Crippen LogP contribution in [-0.4, -0.2) is 30.1 Å². The van der Waals surface area contributed by atoms with Crippen LogP contribution in [0, 0.1) is 0 Å². The van der Waals surface area contributed by atoms with E-state index < -0.39 is 7.94 Å². The van der Waals surface area contributed by atoms with Crippen molar-refractivity contribution in [3.05, 3.63) is 0 Å². The van der Waals surface area contributed by atoms with Gasteiger partial charge < -0.3 is 14.7 Å². The first-order chi connectivity index (χ1) is 4.06. The molecule has 0 rings (SSSR count). The SMILES string of the molecule is CCCCC[P+]([O-])([O-])[O-].[Sn+2]. The number of hydrogen-bond acceptors (Lipinski definition) is 3.